The van der Waals surface area contributed by atoms with E-state index in [0.717, 1.165) is 75.1 Å². The molecule has 0 aromatic heterocycles. The molecule has 2 unspecified atom stereocenters. The molecule has 1 amide bonds. The van der Waals surface area contributed by atoms with Gasteiger partial charge < -0.3 is 14.4 Å². The van der Waals surface area contributed by atoms with E-state index in [1.807, 2.05) is 12.1 Å². The van der Waals surface area contributed by atoms with E-state index in [1.165, 1.54) is 42.6 Å². The smallest absolute Gasteiger partial charge is 0.254 e. The minimum absolute atomic E-state index is 0.186. The van der Waals surface area contributed by atoms with Crippen LogP contribution in [0, 0.1) is 0 Å². The minimum Gasteiger partial charge on any atom is -0.491 e. The number of ether oxygens (including phenoxy) is 2. The molecule has 2 aromatic carbocycles. The Hall–Kier alpha value is -2.37. The Labute approximate surface area is 203 Å². The standard InChI is InChI=1S/C29H36N2O3/c32-29-28-10-9-26(34-20-27-4-3-15-33-27)18-24(28)11-14-31(29)25-8-7-22-16-21(5-6-23(22)17-25)19-30-12-1-2-13-30/h5-6,9-10,16,18,25,27H,1-4,7-8,11-15,17,19-20H2. The molecule has 6 rings (SSSR count). The minimum atomic E-state index is 0.186. The van der Waals surface area contributed by atoms with Gasteiger partial charge in [-0.15, -0.1) is 0 Å². The highest BCUT2D eigenvalue weighted by Crippen LogP contribution is 2.31. The molecule has 3 aliphatic heterocycles. The van der Waals surface area contributed by atoms with Crippen LogP contribution in [0.4, 0.5) is 0 Å². The van der Waals surface area contributed by atoms with Gasteiger partial charge in [0.2, 0.25) is 0 Å². The van der Waals surface area contributed by atoms with Crippen LogP contribution in [0.5, 0.6) is 5.75 Å². The zero-order chi connectivity index (χ0) is 22.9. The molecule has 0 bridgehead atoms. The van der Waals surface area contributed by atoms with E-state index in [4.69, 9.17) is 9.47 Å². The van der Waals surface area contributed by atoms with Crippen molar-refractivity contribution >= 4 is 5.91 Å². The highest BCUT2D eigenvalue weighted by Gasteiger charge is 2.32. The van der Waals surface area contributed by atoms with E-state index in [0.29, 0.717) is 12.6 Å². The zero-order valence-electron chi connectivity index (χ0n) is 20.1. The van der Waals surface area contributed by atoms with Crippen molar-refractivity contribution in [3.63, 3.8) is 0 Å². The number of carbonyl (C=O) groups excluding carboxylic acids is 1. The molecule has 4 aliphatic rings. The number of fused-ring (bicyclic) bond motifs is 2. The first-order valence-corrected chi connectivity index (χ1v) is 13.2. The number of hydrogen-bond acceptors (Lipinski definition) is 4. The number of nitrogens with zero attached hydrogens (tertiary/aromatic N) is 2. The monoisotopic (exact) mass is 460 g/mol. The average molecular weight is 461 g/mol. The second-order valence-electron chi connectivity index (χ2n) is 10.5. The summed E-state index contributed by atoms with van der Waals surface area (Å²) in [4.78, 5) is 18.1. The average Bonchev–Trinajstić information content (AvgIpc) is 3.57. The van der Waals surface area contributed by atoms with Gasteiger partial charge in [0.25, 0.3) is 5.91 Å². The van der Waals surface area contributed by atoms with Gasteiger partial charge in [-0.2, -0.15) is 0 Å². The van der Waals surface area contributed by atoms with Gasteiger partial charge in [0.1, 0.15) is 12.4 Å². The van der Waals surface area contributed by atoms with Crippen molar-refractivity contribution in [3.8, 4) is 5.75 Å². The van der Waals surface area contributed by atoms with E-state index < -0.39 is 0 Å². The Bertz CT molecular complexity index is 1040. The van der Waals surface area contributed by atoms with E-state index >= 15 is 0 Å². The van der Waals surface area contributed by atoms with Gasteiger partial charge in [0.05, 0.1) is 6.10 Å². The normalized spacial score (nSPS) is 24.8. The lowest BCUT2D eigenvalue weighted by Crippen LogP contribution is -2.47. The Morgan fingerprint density at radius 2 is 1.82 bits per heavy atom. The number of rotatable bonds is 6. The van der Waals surface area contributed by atoms with Gasteiger partial charge >= 0.3 is 0 Å². The predicted molar refractivity (Wildman–Crippen MR) is 132 cm³/mol. The first-order valence-electron chi connectivity index (χ1n) is 13.2. The maximum absolute atomic E-state index is 13.4. The predicted octanol–water partition coefficient (Wildman–Crippen LogP) is 4.40. The molecule has 5 nitrogen and oxygen atoms in total. The van der Waals surface area contributed by atoms with Crippen molar-refractivity contribution in [1.29, 1.82) is 0 Å². The Morgan fingerprint density at radius 3 is 2.68 bits per heavy atom. The molecular formula is C29H36N2O3. The SMILES string of the molecule is O=C1c2ccc(OCC3CCCO3)cc2CCN1C1CCc2cc(CN3CCCC3)ccc2C1. The number of hydrogen-bond donors (Lipinski definition) is 0. The summed E-state index contributed by atoms with van der Waals surface area (Å²) in [6.45, 7) is 5.79. The highest BCUT2D eigenvalue weighted by atomic mass is 16.5. The van der Waals surface area contributed by atoms with E-state index in [2.05, 4.69) is 34.1 Å². The van der Waals surface area contributed by atoms with Gasteiger partial charge in [0, 0.05) is 31.3 Å². The lowest BCUT2D eigenvalue weighted by molar-refractivity contribution is 0.0638. The summed E-state index contributed by atoms with van der Waals surface area (Å²) in [7, 11) is 0. The number of aryl methyl sites for hydroxylation is 1. The maximum atomic E-state index is 13.4. The van der Waals surface area contributed by atoms with Crippen LogP contribution in [-0.4, -0.2) is 60.7 Å². The molecule has 5 heteroatoms. The van der Waals surface area contributed by atoms with E-state index in [-0.39, 0.29) is 12.0 Å². The van der Waals surface area contributed by atoms with Gasteiger partial charge in [0.15, 0.2) is 0 Å². The van der Waals surface area contributed by atoms with Crippen LogP contribution in [0.3, 0.4) is 0 Å². The van der Waals surface area contributed by atoms with Crippen molar-refractivity contribution in [2.45, 2.75) is 70.1 Å². The van der Waals surface area contributed by atoms with Crippen molar-refractivity contribution in [2.75, 3.05) is 32.8 Å². The molecule has 0 spiro atoms. The summed E-state index contributed by atoms with van der Waals surface area (Å²) in [6, 6.07) is 13.3. The fourth-order valence-electron chi connectivity index (χ4n) is 6.24. The molecule has 0 radical (unpaired) electrons. The number of benzene rings is 2. The fourth-order valence-corrected chi connectivity index (χ4v) is 6.24. The molecule has 0 N–H and O–H groups in total. The first kappa shape index (κ1) is 22.1. The quantitative estimate of drug-likeness (QED) is 0.641. The molecule has 2 aromatic rings. The Kier molecular flexibility index (Phi) is 6.32. The number of amides is 1. The highest BCUT2D eigenvalue weighted by molar-refractivity contribution is 5.97. The summed E-state index contributed by atoms with van der Waals surface area (Å²) >= 11 is 0. The summed E-state index contributed by atoms with van der Waals surface area (Å²) < 4.78 is 11.6. The van der Waals surface area contributed by atoms with Gasteiger partial charge in [-0.3, -0.25) is 9.69 Å². The van der Waals surface area contributed by atoms with Crippen molar-refractivity contribution < 1.29 is 14.3 Å². The van der Waals surface area contributed by atoms with Crippen molar-refractivity contribution in [3.05, 3.63) is 64.2 Å². The van der Waals surface area contributed by atoms with E-state index in [1.54, 1.807) is 0 Å². The van der Waals surface area contributed by atoms with Crippen LogP contribution in [0.15, 0.2) is 36.4 Å². The van der Waals surface area contributed by atoms with Crippen molar-refractivity contribution in [1.82, 2.24) is 9.80 Å². The third-order valence-corrected chi connectivity index (χ3v) is 8.17. The van der Waals surface area contributed by atoms with Gasteiger partial charge in [-0.25, -0.2) is 0 Å². The van der Waals surface area contributed by atoms with Crippen LogP contribution in [-0.2, 0) is 30.5 Å². The maximum Gasteiger partial charge on any atom is 0.254 e. The molecular weight excluding hydrogens is 424 g/mol. The topological polar surface area (TPSA) is 42.0 Å². The molecule has 3 heterocycles. The van der Waals surface area contributed by atoms with E-state index in [9.17, 15) is 4.79 Å². The lowest BCUT2D eigenvalue weighted by Gasteiger charge is -2.38. The summed E-state index contributed by atoms with van der Waals surface area (Å²) in [5, 5.41) is 0. The Balaban J connectivity index is 1.10. The molecule has 34 heavy (non-hydrogen) atoms. The van der Waals surface area contributed by atoms with Crippen LogP contribution in [0.25, 0.3) is 0 Å². The summed E-state index contributed by atoms with van der Waals surface area (Å²) in [6.07, 6.45) is 9.08. The van der Waals surface area contributed by atoms with Gasteiger partial charge in [-0.1, -0.05) is 18.2 Å². The third-order valence-electron chi connectivity index (χ3n) is 8.17. The molecule has 1 aliphatic carbocycles. The lowest BCUT2D eigenvalue weighted by atomic mass is 9.85. The van der Waals surface area contributed by atoms with Crippen LogP contribution in [0.1, 0.15) is 64.7 Å². The number of carbonyl (C=O) groups is 1. The Morgan fingerprint density at radius 1 is 0.912 bits per heavy atom. The molecule has 2 fully saturated rings. The molecule has 180 valence electrons. The molecule has 2 atom stereocenters. The third kappa shape index (κ3) is 4.60. The second-order valence-corrected chi connectivity index (χ2v) is 10.5. The molecule has 0 saturated carbocycles. The summed E-state index contributed by atoms with van der Waals surface area (Å²) in [5.74, 6) is 1.04. The van der Waals surface area contributed by atoms with Crippen molar-refractivity contribution in [2.24, 2.45) is 0 Å². The second kappa shape index (κ2) is 9.71. The molecule has 2 saturated heterocycles. The zero-order valence-corrected chi connectivity index (χ0v) is 20.1. The van der Waals surface area contributed by atoms with Crippen LogP contribution in [0.2, 0.25) is 0 Å². The summed E-state index contributed by atoms with van der Waals surface area (Å²) in [5.41, 5.74) is 6.33. The van der Waals surface area contributed by atoms with Crippen LogP contribution < -0.4 is 4.74 Å². The van der Waals surface area contributed by atoms with Crippen LogP contribution >= 0.6 is 0 Å². The largest absolute Gasteiger partial charge is 0.491 e. The first-order chi connectivity index (χ1) is 16.7. The fraction of sp³-hybridized carbons (Fsp3) is 0.552. The number of likely N-dealkylation sites (tertiary alicyclic amines) is 1. The van der Waals surface area contributed by atoms with Gasteiger partial charge in [-0.05, 0) is 105 Å².